The number of aromatic amines is 1. The van der Waals surface area contributed by atoms with Gasteiger partial charge in [-0.05, 0) is 6.92 Å². The van der Waals surface area contributed by atoms with Crippen molar-refractivity contribution in [2.24, 2.45) is 0 Å². The van der Waals surface area contributed by atoms with Crippen LogP contribution in [-0.2, 0) is 4.79 Å². The van der Waals surface area contributed by atoms with E-state index in [2.05, 4.69) is 15.5 Å². The normalized spacial score (nSPS) is 12.5. The van der Waals surface area contributed by atoms with Crippen molar-refractivity contribution in [1.82, 2.24) is 10.2 Å². The van der Waals surface area contributed by atoms with Gasteiger partial charge in [0.2, 0.25) is 0 Å². The van der Waals surface area contributed by atoms with Crippen molar-refractivity contribution in [1.29, 1.82) is 0 Å². The molecule has 0 aliphatic carbocycles. The maximum atomic E-state index is 10.8. The highest BCUT2D eigenvalue weighted by Crippen LogP contribution is 1.98. The van der Waals surface area contributed by atoms with Crippen molar-refractivity contribution in [2.45, 2.75) is 13.0 Å². The van der Waals surface area contributed by atoms with Crippen molar-refractivity contribution in [3.05, 3.63) is 12.3 Å². The average molecular weight is 155 g/mol. The van der Waals surface area contributed by atoms with Crippen LogP contribution in [0.5, 0.6) is 0 Å². The van der Waals surface area contributed by atoms with Crippen LogP contribution in [0, 0.1) is 0 Å². The van der Waals surface area contributed by atoms with E-state index in [1.165, 1.54) is 13.1 Å². The van der Waals surface area contributed by atoms with E-state index in [0.717, 1.165) is 0 Å². The number of amides is 1. The number of carbonyl (C=O) groups excluding carboxylic acids is 1. The molecule has 60 valence electrons. The maximum Gasteiger partial charge on any atom is 0.254 e. The lowest BCUT2D eigenvalue weighted by Gasteiger charge is -2.02. The van der Waals surface area contributed by atoms with Gasteiger partial charge in [-0.15, -0.1) is 0 Å². The van der Waals surface area contributed by atoms with Crippen molar-refractivity contribution < 1.29 is 9.90 Å². The van der Waals surface area contributed by atoms with E-state index in [-0.39, 0.29) is 0 Å². The predicted molar refractivity (Wildman–Crippen MR) is 38.9 cm³/mol. The van der Waals surface area contributed by atoms with Crippen LogP contribution < -0.4 is 5.32 Å². The summed E-state index contributed by atoms with van der Waals surface area (Å²) in [5.74, 6) is 0.0325. The van der Waals surface area contributed by atoms with Gasteiger partial charge in [0.25, 0.3) is 5.91 Å². The fourth-order valence-corrected chi connectivity index (χ4v) is 0.563. The summed E-state index contributed by atoms with van der Waals surface area (Å²) in [6, 6.07) is 1.60. The highest BCUT2D eigenvalue weighted by atomic mass is 16.3. The first kappa shape index (κ1) is 7.74. The lowest BCUT2D eigenvalue weighted by molar-refractivity contribution is -0.123. The number of carbonyl (C=O) groups is 1. The minimum absolute atomic E-state index is 0.450. The second-order valence-electron chi connectivity index (χ2n) is 2.14. The second-order valence-corrected chi connectivity index (χ2v) is 2.14. The minimum Gasteiger partial charge on any atom is -0.384 e. The number of aliphatic hydroxyl groups excluding tert-OH is 1. The number of rotatable bonds is 2. The fraction of sp³-hybridized carbons (Fsp3) is 0.333. The van der Waals surface area contributed by atoms with Gasteiger partial charge >= 0.3 is 0 Å². The summed E-state index contributed by atoms with van der Waals surface area (Å²) in [4.78, 5) is 10.8. The van der Waals surface area contributed by atoms with Crippen LogP contribution in [0.25, 0.3) is 0 Å². The quantitative estimate of drug-likeness (QED) is 0.550. The van der Waals surface area contributed by atoms with Gasteiger partial charge in [0.1, 0.15) is 11.9 Å². The highest BCUT2D eigenvalue weighted by molar-refractivity contribution is 5.92. The minimum atomic E-state index is -1.00. The van der Waals surface area contributed by atoms with Gasteiger partial charge in [-0.25, -0.2) is 0 Å². The predicted octanol–water partition coefficient (Wildman–Crippen LogP) is -0.271. The summed E-state index contributed by atoms with van der Waals surface area (Å²) in [6.07, 6.45) is 0.510. The van der Waals surface area contributed by atoms with Gasteiger partial charge in [0.05, 0.1) is 6.20 Å². The summed E-state index contributed by atoms with van der Waals surface area (Å²) in [5.41, 5.74) is 0. The lowest BCUT2D eigenvalue weighted by Crippen LogP contribution is -2.24. The first-order valence-electron chi connectivity index (χ1n) is 3.18. The third-order valence-corrected chi connectivity index (χ3v) is 1.14. The van der Waals surface area contributed by atoms with Crippen molar-refractivity contribution >= 4 is 11.7 Å². The van der Waals surface area contributed by atoms with Crippen LogP contribution in [0.15, 0.2) is 12.3 Å². The lowest BCUT2D eigenvalue weighted by atomic mass is 10.4. The summed E-state index contributed by atoms with van der Waals surface area (Å²) in [5, 5.41) is 17.3. The smallest absolute Gasteiger partial charge is 0.254 e. The largest absolute Gasteiger partial charge is 0.384 e. The summed E-state index contributed by atoms with van der Waals surface area (Å²) < 4.78 is 0. The molecule has 1 amide bonds. The number of aromatic nitrogens is 2. The molecule has 0 aliphatic rings. The molecule has 3 N–H and O–H groups in total. The first-order valence-corrected chi connectivity index (χ1v) is 3.18. The van der Waals surface area contributed by atoms with Crippen LogP contribution in [0.3, 0.4) is 0 Å². The Morgan fingerprint density at radius 1 is 1.91 bits per heavy atom. The second kappa shape index (κ2) is 3.16. The van der Waals surface area contributed by atoms with E-state index in [1.807, 2.05) is 0 Å². The van der Waals surface area contributed by atoms with Gasteiger partial charge in [-0.2, -0.15) is 5.10 Å². The molecule has 0 spiro atoms. The van der Waals surface area contributed by atoms with Gasteiger partial charge in [-0.3, -0.25) is 9.89 Å². The van der Waals surface area contributed by atoms with Crippen molar-refractivity contribution in [3.63, 3.8) is 0 Å². The molecular weight excluding hydrogens is 146 g/mol. The Hall–Kier alpha value is -1.36. The van der Waals surface area contributed by atoms with Crippen molar-refractivity contribution in [3.8, 4) is 0 Å². The molecule has 1 aromatic heterocycles. The fourth-order valence-electron chi connectivity index (χ4n) is 0.563. The molecule has 1 atom stereocenters. The molecule has 0 radical (unpaired) electrons. The molecular formula is C6H9N3O2. The van der Waals surface area contributed by atoms with E-state index in [0.29, 0.717) is 5.82 Å². The van der Waals surface area contributed by atoms with Gasteiger partial charge in [-0.1, -0.05) is 0 Å². The van der Waals surface area contributed by atoms with Gasteiger partial charge in [0, 0.05) is 6.07 Å². The zero-order valence-electron chi connectivity index (χ0n) is 6.03. The van der Waals surface area contributed by atoms with Crippen LogP contribution in [-0.4, -0.2) is 27.3 Å². The molecule has 0 saturated heterocycles. The number of nitrogens with zero attached hydrogens (tertiary/aromatic N) is 1. The van der Waals surface area contributed by atoms with E-state index in [4.69, 9.17) is 5.11 Å². The molecule has 0 aliphatic heterocycles. The number of anilines is 1. The monoisotopic (exact) mass is 155 g/mol. The zero-order chi connectivity index (χ0) is 8.27. The van der Waals surface area contributed by atoms with E-state index in [1.54, 1.807) is 6.07 Å². The number of aliphatic hydroxyl groups is 1. The SMILES string of the molecule is CC(O)C(=O)Nc1ccn[nH]1. The Labute approximate surface area is 63.4 Å². The number of nitrogens with one attached hydrogen (secondary N) is 2. The molecule has 0 fully saturated rings. The molecule has 1 rings (SSSR count). The highest BCUT2D eigenvalue weighted by Gasteiger charge is 2.08. The summed E-state index contributed by atoms with van der Waals surface area (Å²) in [6.45, 7) is 1.39. The molecule has 5 heteroatoms. The Kier molecular flexibility index (Phi) is 2.22. The van der Waals surface area contributed by atoms with Crippen LogP contribution in [0.4, 0.5) is 5.82 Å². The van der Waals surface area contributed by atoms with Crippen LogP contribution in [0.2, 0.25) is 0 Å². The molecule has 1 aromatic rings. The van der Waals surface area contributed by atoms with Crippen LogP contribution in [0.1, 0.15) is 6.92 Å². The van der Waals surface area contributed by atoms with Crippen LogP contribution >= 0.6 is 0 Å². The van der Waals surface area contributed by atoms with Gasteiger partial charge < -0.3 is 10.4 Å². The molecule has 0 bridgehead atoms. The Balaban J connectivity index is 2.50. The molecule has 1 unspecified atom stereocenters. The summed E-state index contributed by atoms with van der Waals surface area (Å²) >= 11 is 0. The molecule has 0 saturated carbocycles. The van der Waals surface area contributed by atoms with Gasteiger partial charge in [0.15, 0.2) is 0 Å². The number of hydrogen-bond acceptors (Lipinski definition) is 3. The molecule has 11 heavy (non-hydrogen) atoms. The topological polar surface area (TPSA) is 78.0 Å². The molecule has 5 nitrogen and oxygen atoms in total. The third-order valence-electron chi connectivity index (χ3n) is 1.14. The standard InChI is InChI=1S/C6H9N3O2/c1-4(10)6(11)8-5-2-3-7-9-5/h2-4,10H,1H3,(H2,7,8,9,11). The Bertz CT molecular complexity index is 230. The zero-order valence-corrected chi connectivity index (χ0v) is 6.03. The maximum absolute atomic E-state index is 10.8. The molecule has 1 heterocycles. The Morgan fingerprint density at radius 2 is 2.64 bits per heavy atom. The third kappa shape index (κ3) is 2.05. The van der Waals surface area contributed by atoms with E-state index >= 15 is 0 Å². The van der Waals surface area contributed by atoms with E-state index < -0.39 is 12.0 Å². The number of hydrogen-bond donors (Lipinski definition) is 3. The summed E-state index contributed by atoms with van der Waals surface area (Å²) in [7, 11) is 0. The average Bonchev–Trinajstić information content (AvgIpc) is 2.39. The van der Waals surface area contributed by atoms with Crippen molar-refractivity contribution in [2.75, 3.05) is 5.32 Å². The Morgan fingerprint density at radius 3 is 3.09 bits per heavy atom. The number of H-pyrrole nitrogens is 1. The first-order chi connectivity index (χ1) is 5.20. The van der Waals surface area contributed by atoms with E-state index in [9.17, 15) is 4.79 Å². The molecule has 0 aromatic carbocycles.